The fourth-order valence-electron chi connectivity index (χ4n) is 0.730. The Balaban J connectivity index is 2.46. The van der Waals surface area contributed by atoms with Crippen LogP contribution < -0.4 is 5.73 Å². The third-order valence-electron chi connectivity index (χ3n) is 1.15. The molecule has 0 unspecified atom stereocenters. The average molecular weight is 170 g/mol. The number of carbonyl (C=O) groups is 1. The maximum Gasteiger partial charge on any atom is 0.327 e. The lowest BCUT2D eigenvalue weighted by Crippen LogP contribution is -2.13. The summed E-state index contributed by atoms with van der Waals surface area (Å²) in [5.74, 6) is -0.0540. The third-order valence-corrected chi connectivity index (χ3v) is 1.15. The maximum absolute atomic E-state index is 10.9. The van der Waals surface area contributed by atoms with Crippen molar-refractivity contribution in [1.82, 2.24) is 15.0 Å². The molecule has 0 saturated carbocycles. The standard InChI is InChI=1S/C6H10N4O2/c1-2-12-6(11)4-10-3-5(7)8-9-10/h3H,2,4,7H2,1H3. The van der Waals surface area contributed by atoms with E-state index in [0.29, 0.717) is 12.4 Å². The van der Waals surface area contributed by atoms with E-state index in [1.165, 1.54) is 10.9 Å². The van der Waals surface area contributed by atoms with Crippen molar-refractivity contribution in [1.29, 1.82) is 0 Å². The quantitative estimate of drug-likeness (QED) is 0.614. The minimum Gasteiger partial charge on any atom is -0.465 e. The molecule has 2 N–H and O–H groups in total. The topological polar surface area (TPSA) is 83.0 Å². The number of esters is 1. The first-order valence-electron chi connectivity index (χ1n) is 3.53. The zero-order valence-electron chi connectivity index (χ0n) is 6.73. The Labute approximate surface area is 69.3 Å². The highest BCUT2D eigenvalue weighted by atomic mass is 16.5. The van der Waals surface area contributed by atoms with E-state index in [0.717, 1.165) is 0 Å². The van der Waals surface area contributed by atoms with Crippen molar-refractivity contribution >= 4 is 11.8 Å². The van der Waals surface area contributed by atoms with E-state index in [4.69, 9.17) is 5.73 Å². The predicted molar refractivity (Wildman–Crippen MR) is 41.1 cm³/mol. The highest BCUT2D eigenvalue weighted by Crippen LogP contribution is 1.92. The Kier molecular flexibility index (Phi) is 2.62. The highest BCUT2D eigenvalue weighted by molar-refractivity contribution is 5.69. The monoisotopic (exact) mass is 170 g/mol. The summed E-state index contributed by atoms with van der Waals surface area (Å²) >= 11 is 0. The molecule has 0 radical (unpaired) electrons. The van der Waals surface area contributed by atoms with E-state index in [2.05, 4.69) is 15.0 Å². The summed E-state index contributed by atoms with van der Waals surface area (Å²) in [7, 11) is 0. The van der Waals surface area contributed by atoms with Crippen molar-refractivity contribution in [2.24, 2.45) is 0 Å². The van der Waals surface area contributed by atoms with Crippen LogP contribution in [-0.2, 0) is 16.1 Å². The molecule has 6 nitrogen and oxygen atoms in total. The first-order chi connectivity index (χ1) is 5.72. The minimum absolute atomic E-state index is 0.0536. The van der Waals surface area contributed by atoms with Gasteiger partial charge in [0.25, 0.3) is 0 Å². The molecule has 0 saturated heterocycles. The second kappa shape index (κ2) is 3.70. The van der Waals surface area contributed by atoms with Crippen molar-refractivity contribution in [3.63, 3.8) is 0 Å². The first kappa shape index (κ1) is 8.51. The van der Waals surface area contributed by atoms with E-state index in [1.807, 2.05) is 0 Å². The molecule has 1 aromatic rings. The van der Waals surface area contributed by atoms with Crippen molar-refractivity contribution in [2.45, 2.75) is 13.5 Å². The maximum atomic E-state index is 10.9. The predicted octanol–water partition coefficient (Wildman–Crippen LogP) is -0.577. The third kappa shape index (κ3) is 2.22. The van der Waals surface area contributed by atoms with Crippen LogP contribution in [0.4, 0.5) is 5.82 Å². The lowest BCUT2D eigenvalue weighted by atomic mass is 10.6. The molecular weight excluding hydrogens is 160 g/mol. The van der Waals surface area contributed by atoms with Crippen molar-refractivity contribution in [3.05, 3.63) is 6.20 Å². The molecule has 0 amide bonds. The molecule has 0 bridgehead atoms. The van der Waals surface area contributed by atoms with E-state index < -0.39 is 0 Å². The van der Waals surface area contributed by atoms with Gasteiger partial charge >= 0.3 is 5.97 Å². The van der Waals surface area contributed by atoms with Crippen LogP contribution >= 0.6 is 0 Å². The molecule has 0 aliphatic rings. The van der Waals surface area contributed by atoms with Gasteiger partial charge in [-0.1, -0.05) is 5.21 Å². The molecule has 0 aromatic carbocycles. The van der Waals surface area contributed by atoms with Gasteiger partial charge in [-0.3, -0.25) is 4.79 Å². The number of ether oxygens (including phenoxy) is 1. The number of nitrogen functional groups attached to an aromatic ring is 1. The van der Waals surface area contributed by atoms with Gasteiger partial charge in [0.2, 0.25) is 0 Å². The molecule has 0 atom stereocenters. The second-order valence-electron chi connectivity index (χ2n) is 2.15. The minimum atomic E-state index is -0.345. The van der Waals surface area contributed by atoms with Gasteiger partial charge in [-0.05, 0) is 6.92 Å². The summed E-state index contributed by atoms with van der Waals surface area (Å²) in [6.45, 7) is 2.16. The largest absolute Gasteiger partial charge is 0.465 e. The molecule has 6 heteroatoms. The number of nitrogens with two attached hydrogens (primary N) is 1. The summed E-state index contributed by atoms with van der Waals surface area (Å²) in [5, 5.41) is 7.09. The van der Waals surface area contributed by atoms with E-state index in [1.54, 1.807) is 6.92 Å². The Morgan fingerprint density at radius 1 is 1.83 bits per heavy atom. The summed E-state index contributed by atoms with van der Waals surface area (Å²) < 4.78 is 6.01. The van der Waals surface area contributed by atoms with Crippen LogP contribution in [-0.4, -0.2) is 27.6 Å². The van der Waals surface area contributed by atoms with Crippen LogP contribution in [0.15, 0.2) is 6.20 Å². The Morgan fingerprint density at radius 2 is 2.58 bits per heavy atom. The number of carbonyl (C=O) groups excluding carboxylic acids is 1. The molecule has 0 aliphatic carbocycles. The molecule has 1 heterocycles. The van der Waals surface area contributed by atoms with Crippen molar-refractivity contribution in [2.75, 3.05) is 12.3 Å². The second-order valence-corrected chi connectivity index (χ2v) is 2.15. The van der Waals surface area contributed by atoms with Gasteiger partial charge in [-0.2, -0.15) is 0 Å². The number of aromatic nitrogens is 3. The summed E-state index contributed by atoms with van der Waals surface area (Å²) in [5.41, 5.74) is 5.28. The van der Waals surface area contributed by atoms with E-state index in [9.17, 15) is 4.79 Å². The summed E-state index contributed by atoms with van der Waals surface area (Å²) in [6.07, 6.45) is 1.47. The van der Waals surface area contributed by atoms with Gasteiger partial charge in [-0.25, -0.2) is 4.68 Å². The summed E-state index contributed by atoms with van der Waals surface area (Å²) in [6, 6.07) is 0. The number of nitrogens with zero attached hydrogens (tertiary/aromatic N) is 3. The molecule has 1 aromatic heterocycles. The SMILES string of the molecule is CCOC(=O)Cn1cc(N)nn1. The van der Waals surface area contributed by atoms with Gasteiger partial charge in [-0.15, -0.1) is 5.10 Å². The summed E-state index contributed by atoms with van der Waals surface area (Å²) in [4.78, 5) is 10.9. The lowest BCUT2D eigenvalue weighted by Gasteiger charge is -1.99. The van der Waals surface area contributed by atoms with E-state index >= 15 is 0 Å². The highest BCUT2D eigenvalue weighted by Gasteiger charge is 2.03. The smallest absolute Gasteiger partial charge is 0.327 e. The lowest BCUT2D eigenvalue weighted by molar-refractivity contribution is -0.144. The van der Waals surface area contributed by atoms with Crippen molar-refractivity contribution in [3.8, 4) is 0 Å². The zero-order valence-corrected chi connectivity index (χ0v) is 6.73. The van der Waals surface area contributed by atoms with Gasteiger partial charge in [0.1, 0.15) is 6.54 Å². The number of rotatable bonds is 3. The molecule has 0 spiro atoms. The fourth-order valence-corrected chi connectivity index (χ4v) is 0.730. The van der Waals surface area contributed by atoms with Gasteiger partial charge in [0.05, 0.1) is 12.8 Å². The van der Waals surface area contributed by atoms with E-state index in [-0.39, 0.29) is 12.5 Å². The van der Waals surface area contributed by atoms with Crippen LogP contribution in [0.2, 0.25) is 0 Å². The number of anilines is 1. The van der Waals surface area contributed by atoms with Crippen molar-refractivity contribution < 1.29 is 9.53 Å². The van der Waals surface area contributed by atoms with Crippen LogP contribution in [0.1, 0.15) is 6.92 Å². The zero-order chi connectivity index (χ0) is 8.97. The number of hydrogen-bond acceptors (Lipinski definition) is 5. The molecule has 0 fully saturated rings. The van der Waals surface area contributed by atoms with Crippen LogP contribution in [0, 0.1) is 0 Å². The molecule has 12 heavy (non-hydrogen) atoms. The Morgan fingerprint density at radius 3 is 3.08 bits per heavy atom. The van der Waals surface area contributed by atoms with Crippen LogP contribution in [0.3, 0.4) is 0 Å². The van der Waals surface area contributed by atoms with Gasteiger partial charge < -0.3 is 10.5 Å². The average Bonchev–Trinajstić information content (AvgIpc) is 2.36. The molecule has 66 valence electrons. The molecule has 0 aliphatic heterocycles. The van der Waals surface area contributed by atoms with Crippen LogP contribution in [0.5, 0.6) is 0 Å². The van der Waals surface area contributed by atoms with Gasteiger partial charge in [0, 0.05) is 0 Å². The van der Waals surface area contributed by atoms with Gasteiger partial charge in [0.15, 0.2) is 5.82 Å². The molecular formula is C6H10N4O2. The first-order valence-corrected chi connectivity index (χ1v) is 3.53. The number of hydrogen-bond donors (Lipinski definition) is 1. The van der Waals surface area contributed by atoms with Crippen LogP contribution in [0.25, 0.3) is 0 Å². The normalized spacial score (nSPS) is 9.75. The fraction of sp³-hybridized carbons (Fsp3) is 0.500. The Hall–Kier alpha value is -1.59. The Bertz CT molecular complexity index is 270. The molecule has 1 rings (SSSR count).